The van der Waals surface area contributed by atoms with E-state index in [9.17, 15) is 9.18 Å². The van der Waals surface area contributed by atoms with E-state index in [0.717, 1.165) is 6.42 Å². The van der Waals surface area contributed by atoms with Gasteiger partial charge in [-0.25, -0.2) is 9.18 Å². The third kappa shape index (κ3) is 6.66. The molecule has 0 unspecified atom stereocenters. The topological polar surface area (TPSA) is 51.7 Å². The number of carbonyl (C=O) groups excluding carboxylic acids is 1. The van der Waals surface area contributed by atoms with Crippen LogP contribution in [0, 0.1) is 5.92 Å². The van der Waals surface area contributed by atoms with Crippen molar-refractivity contribution in [3.8, 4) is 0 Å². The average Bonchev–Trinajstić information content (AvgIpc) is 2.97. The number of nitrogens with zero attached hydrogens (tertiary/aromatic N) is 2. The third-order valence-electron chi connectivity index (χ3n) is 6.63. The molecule has 32 heavy (non-hydrogen) atoms. The molecule has 0 aromatic carbocycles. The van der Waals surface area contributed by atoms with E-state index in [1.807, 2.05) is 45.6 Å². The first-order valence-electron chi connectivity index (χ1n) is 12.3. The summed E-state index contributed by atoms with van der Waals surface area (Å²) in [6, 6.07) is 5.30. The number of rotatable bonds is 7. The fourth-order valence-electron chi connectivity index (χ4n) is 5.22. The maximum Gasteiger partial charge on any atom is 0.412 e. The number of ether oxygens (including phenoxy) is 2. The largest absolute Gasteiger partial charge is 0.444 e. The van der Waals surface area contributed by atoms with Crippen LogP contribution in [-0.4, -0.2) is 39.4 Å². The van der Waals surface area contributed by atoms with Crippen LogP contribution >= 0.6 is 0 Å². The fourth-order valence-corrected chi connectivity index (χ4v) is 5.22. The number of hydrogen-bond acceptors (Lipinski definition) is 4. The van der Waals surface area contributed by atoms with Gasteiger partial charge in [-0.2, -0.15) is 0 Å². The Morgan fingerprint density at radius 3 is 2.62 bits per heavy atom. The monoisotopic (exact) mass is 448 g/mol. The number of alkyl halides is 1. The van der Waals surface area contributed by atoms with Crippen molar-refractivity contribution in [2.75, 3.05) is 0 Å². The van der Waals surface area contributed by atoms with Crippen LogP contribution in [0.2, 0.25) is 0 Å². The van der Waals surface area contributed by atoms with Crippen LogP contribution in [0.15, 0.2) is 24.4 Å². The van der Waals surface area contributed by atoms with Crippen molar-refractivity contribution in [1.82, 2.24) is 9.88 Å². The molecule has 1 aliphatic heterocycles. The smallest absolute Gasteiger partial charge is 0.412 e. The van der Waals surface area contributed by atoms with Gasteiger partial charge in [0.25, 0.3) is 0 Å². The summed E-state index contributed by atoms with van der Waals surface area (Å²) in [6.07, 6.45) is 9.07. The van der Waals surface area contributed by atoms with Gasteiger partial charge in [0.1, 0.15) is 17.5 Å². The second-order valence-electron chi connectivity index (χ2n) is 10.9. The zero-order chi connectivity index (χ0) is 23.4. The van der Waals surface area contributed by atoms with Crippen molar-refractivity contribution in [1.29, 1.82) is 0 Å². The number of hydrogen-bond donors (Lipinski definition) is 0. The molecule has 5 nitrogen and oxygen atoms in total. The first-order chi connectivity index (χ1) is 15.1. The van der Waals surface area contributed by atoms with Gasteiger partial charge in [-0.1, -0.05) is 38.2 Å². The van der Waals surface area contributed by atoms with Crippen LogP contribution in [0.4, 0.5) is 9.18 Å². The van der Waals surface area contributed by atoms with Crippen molar-refractivity contribution >= 4 is 6.09 Å². The highest BCUT2D eigenvalue weighted by molar-refractivity contribution is 5.70. The Labute approximate surface area is 193 Å². The molecule has 1 aliphatic carbocycles. The first kappa shape index (κ1) is 24.9. The van der Waals surface area contributed by atoms with E-state index in [-0.39, 0.29) is 18.2 Å². The van der Waals surface area contributed by atoms with Crippen molar-refractivity contribution < 1.29 is 18.7 Å². The molecule has 0 N–H and O–H groups in total. The summed E-state index contributed by atoms with van der Waals surface area (Å²) in [4.78, 5) is 19.2. The lowest BCUT2D eigenvalue weighted by Crippen LogP contribution is -2.50. The zero-order valence-corrected chi connectivity index (χ0v) is 20.5. The Morgan fingerprint density at radius 1 is 1.28 bits per heavy atom. The minimum Gasteiger partial charge on any atom is -0.444 e. The van der Waals surface area contributed by atoms with Gasteiger partial charge in [0.2, 0.25) is 0 Å². The molecule has 2 fully saturated rings. The molecule has 1 amide bonds. The van der Waals surface area contributed by atoms with Gasteiger partial charge in [-0.05, 0) is 78.4 Å². The molecular formula is C26H41FN2O3. The fraction of sp³-hybridized carbons (Fsp3) is 0.769. The van der Waals surface area contributed by atoms with Crippen molar-refractivity contribution in [3.05, 3.63) is 30.1 Å². The standard InChI is InChI=1S/C26H41FN2O3/c1-25(2,3)32-24(30)29-22(18-19-12-7-6-8-13-19)23(31-26(29,4)5)16-11-14-20(27)21-15-9-10-17-28-21/h9-10,15,17,19-20,22-23H,6-8,11-14,16,18H2,1-5H3/t20-,22+,23+/m1/s1. The van der Waals surface area contributed by atoms with E-state index in [0.29, 0.717) is 30.9 Å². The molecule has 3 atom stereocenters. The predicted molar refractivity (Wildman–Crippen MR) is 124 cm³/mol. The number of carbonyl (C=O) groups is 1. The molecule has 6 heteroatoms. The molecule has 0 spiro atoms. The van der Waals surface area contributed by atoms with E-state index < -0.39 is 17.5 Å². The molecule has 180 valence electrons. The maximum atomic E-state index is 14.6. The lowest BCUT2D eigenvalue weighted by atomic mass is 9.83. The van der Waals surface area contributed by atoms with Crippen LogP contribution in [0.5, 0.6) is 0 Å². The molecule has 0 bridgehead atoms. The summed E-state index contributed by atoms with van der Waals surface area (Å²) in [5, 5.41) is 0. The van der Waals surface area contributed by atoms with Gasteiger partial charge in [0, 0.05) is 6.20 Å². The van der Waals surface area contributed by atoms with Crippen LogP contribution in [0.1, 0.15) is 104 Å². The van der Waals surface area contributed by atoms with E-state index in [2.05, 4.69) is 4.98 Å². The van der Waals surface area contributed by atoms with Crippen molar-refractivity contribution in [2.45, 2.75) is 122 Å². The number of halogens is 1. The first-order valence-corrected chi connectivity index (χ1v) is 12.3. The molecule has 3 rings (SSSR count). The summed E-state index contributed by atoms with van der Waals surface area (Å²) in [6.45, 7) is 9.55. The maximum absolute atomic E-state index is 14.6. The molecule has 1 aromatic rings. The molecule has 1 aromatic heterocycles. The summed E-state index contributed by atoms with van der Waals surface area (Å²) < 4.78 is 26.8. The highest BCUT2D eigenvalue weighted by Crippen LogP contribution is 2.41. The molecule has 2 heterocycles. The minimum atomic E-state index is -1.08. The average molecular weight is 449 g/mol. The highest BCUT2D eigenvalue weighted by atomic mass is 19.1. The number of pyridine rings is 1. The van der Waals surface area contributed by atoms with Gasteiger partial charge in [-0.15, -0.1) is 0 Å². The van der Waals surface area contributed by atoms with Gasteiger partial charge in [-0.3, -0.25) is 9.88 Å². The Hall–Kier alpha value is -1.69. The Balaban J connectivity index is 1.69. The highest BCUT2D eigenvalue weighted by Gasteiger charge is 2.51. The molecule has 2 aliphatic rings. The molecule has 0 radical (unpaired) electrons. The lowest BCUT2D eigenvalue weighted by Gasteiger charge is -2.37. The summed E-state index contributed by atoms with van der Waals surface area (Å²) in [7, 11) is 0. The van der Waals surface area contributed by atoms with Gasteiger partial charge in [0.15, 0.2) is 0 Å². The summed E-state index contributed by atoms with van der Waals surface area (Å²) >= 11 is 0. The molecule has 1 saturated heterocycles. The second-order valence-corrected chi connectivity index (χ2v) is 10.9. The molecule has 1 saturated carbocycles. The van der Waals surface area contributed by atoms with Crippen LogP contribution in [-0.2, 0) is 9.47 Å². The summed E-state index contributed by atoms with van der Waals surface area (Å²) in [5.74, 6) is 0.598. The quantitative estimate of drug-likeness (QED) is 0.452. The van der Waals surface area contributed by atoms with Gasteiger partial charge in [0.05, 0.1) is 17.8 Å². The van der Waals surface area contributed by atoms with Gasteiger partial charge >= 0.3 is 6.09 Å². The van der Waals surface area contributed by atoms with Crippen molar-refractivity contribution in [2.24, 2.45) is 5.92 Å². The predicted octanol–water partition coefficient (Wildman–Crippen LogP) is 6.97. The SMILES string of the molecule is CC(C)(C)OC(=O)N1[C@@H](CC2CCCCC2)[C@H](CCC[C@@H](F)c2ccccn2)OC1(C)C. The Bertz CT molecular complexity index is 728. The Kier molecular flexibility index (Phi) is 8.18. The van der Waals surface area contributed by atoms with Gasteiger partial charge < -0.3 is 9.47 Å². The number of aromatic nitrogens is 1. The van der Waals surface area contributed by atoms with E-state index in [1.54, 1.807) is 18.3 Å². The van der Waals surface area contributed by atoms with Crippen LogP contribution in [0.3, 0.4) is 0 Å². The van der Waals surface area contributed by atoms with E-state index in [1.165, 1.54) is 32.1 Å². The van der Waals surface area contributed by atoms with E-state index >= 15 is 0 Å². The Morgan fingerprint density at radius 2 is 2.00 bits per heavy atom. The van der Waals surface area contributed by atoms with Crippen LogP contribution in [0.25, 0.3) is 0 Å². The third-order valence-corrected chi connectivity index (χ3v) is 6.63. The zero-order valence-electron chi connectivity index (χ0n) is 20.5. The minimum absolute atomic E-state index is 0.0455. The summed E-state index contributed by atoms with van der Waals surface area (Å²) in [5.41, 5.74) is -0.831. The van der Waals surface area contributed by atoms with Crippen molar-refractivity contribution in [3.63, 3.8) is 0 Å². The lowest BCUT2D eigenvalue weighted by molar-refractivity contribution is -0.0803. The second kappa shape index (κ2) is 10.5. The van der Waals surface area contributed by atoms with Crippen LogP contribution < -0.4 is 0 Å². The normalized spacial score (nSPS) is 25.0. The van der Waals surface area contributed by atoms with E-state index in [4.69, 9.17) is 9.47 Å². The molecular weight excluding hydrogens is 407 g/mol. The number of amides is 1.